The second-order valence-electron chi connectivity index (χ2n) is 3.91. The van der Waals surface area contributed by atoms with E-state index >= 15 is 0 Å². The van der Waals surface area contributed by atoms with Crippen LogP contribution in [0, 0.1) is 0 Å². The van der Waals surface area contributed by atoms with Gasteiger partial charge in [0.2, 0.25) is 0 Å². The molecule has 2 rings (SSSR count). The molecule has 1 aromatic rings. The molecule has 0 atom stereocenters. The molecular formula is C11H13Cl2NO. The molecule has 0 amide bonds. The minimum Gasteiger partial charge on any atom is -0.495 e. The smallest absolute Gasteiger partial charge is 0.138 e. The van der Waals surface area contributed by atoms with Gasteiger partial charge in [-0.3, -0.25) is 0 Å². The van der Waals surface area contributed by atoms with Crippen LogP contribution in [0.3, 0.4) is 0 Å². The van der Waals surface area contributed by atoms with E-state index in [1.807, 2.05) is 12.1 Å². The number of methoxy groups -OCH3 is 1. The van der Waals surface area contributed by atoms with Crippen LogP contribution in [0.25, 0.3) is 0 Å². The average Bonchev–Trinajstić information content (AvgIpc) is 2.18. The summed E-state index contributed by atoms with van der Waals surface area (Å²) in [6.45, 7) is 0. The van der Waals surface area contributed by atoms with Crippen LogP contribution in [0.4, 0.5) is 0 Å². The van der Waals surface area contributed by atoms with E-state index in [0.717, 1.165) is 18.4 Å². The topological polar surface area (TPSA) is 35.2 Å². The maximum atomic E-state index is 6.18. The molecule has 1 fully saturated rings. The fourth-order valence-corrected chi connectivity index (χ4v) is 2.50. The number of halogens is 2. The molecular weight excluding hydrogens is 233 g/mol. The van der Waals surface area contributed by atoms with Gasteiger partial charge in [0.15, 0.2) is 0 Å². The summed E-state index contributed by atoms with van der Waals surface area (Å²) in [5, 5.41) is 1.10. The summed E-state index contributed by atoms with van der Waals surface area (Å²) >= 11 is 12.3. The van der Waals surface area contributed by atoms with Gasteiger partial charge in [-0.05, 0) is 30.4 Å². The summed E-state index contributed by atoms with van der Waals surface area (Å²) in [4.78, 5) is 0. The molecule has 0 heterocycles. The second-order valence-corrected chi connectivity index (χ2v) is 4.67. The molecule has 0 aromatic heterocycles. The zero-order valence-electron chi connectivity index (χ0n) is 8.47. The third kappa shape index (κ3) is 1.94. The minimum atomic E-state index is 0.312. The summed E-state index contributed by atoms with van der Waals surface area (Å²) in [5.74, 6) is 1.07. The van der Waals surface area contributed by atoms with Crippen molar-refractivity contribution in [3.8, 4) is 5.75 Å². The molecule has 0 unspecified atom stereocenters. The van der Waals surface area contributed by atoms with Crippen molar-refractivity contribution in [1.29, 1.82) is 0 Å². The monoisotopic (exact) mass is 245 g/mol. The van der Waals surface area contributed by atoms with Crippen LogP contribution >= 0.6 is 23.2 Å². The molecule has 0 radical (unpaired) electrons. The van der Waals surface area contributed by atoms with Crippen LogP contribution in [0.5, 0.6) is 5.75 Å². The highest BCUT2D eigenvalue weighted by molar-refractivity contribution is 6.43. The van der Waals surface area contributed by atoms with Gasteiger partial charge in [0, 0.05) is 6.04 Å². The Morgan fingerprint density at radius 1 is 1.27 bits per heavy atom. The lowest BCUT2D eigenvalue weighted by atomic mass is 9.76. The van der Waals surface area contributed by atoms with Crippen molar-refractivity contribution >= 4 is 23.2 Å². The summed E-state index contributed by atoms with van der Waals surface area (Å²) in [5.41, 5.74) is 6.84. The number of nitrogens with two attached hydrogens (primary N) is 1. The van der Waals surface area contributed by atoms with Gasteiger partial charge < -0.3 is 10.5 Å². The van der Waals surface area contributed by atoms with E-state index in [0.29, 0.717) is 27.8 Å². The SMILES string of the molecule is COc1ccc(C2CC(N)C2)c(Cl)c1Cl. The Kier molecular flexibility index (Phi) is 3.10. The molecule has 0 aliphatic heterocycles. The predicted octanol–water partition coefficient (Wildman–Crippen LogP) is 3.21. The van der Waals surface area contributed by atoms with Crippen LogP contribution in [0.15, 0.2) is 12.1 Å². The Morgan fingerprint density at radius 3 is 2.47 bits per heavy atom. The fourth-order valence-electron chi connectivity index (χ4n) is 1.94. The van der Waals surface area contributed by atoms with Gasteiger partial charge in [0.25, 0.3) is 0 Å². The van der Waals surface area contributed by atoms with Crippen molar-refractivity contribution in [2.24, 2.45) is 5.73 Å². The quantitative estimate of drug-likeness (QED) is 0.869. The highest BCUT2D eigenvalue weighted by Gasteiger charge is 2.29. The molecule has 1 saturated carbocycles. The Balaban J connectivity index is 2.30. The molecule has 82 valence electrons. The summed E-state index contributed by atoms with van der Waals surface area (Å²) < 4.78 is 5.09. The fraction of sp³-hybridized carbons (Fsp3) is 0.455. The maximum absolute atomic E-state index is 6.18. The Hall–Kier alpha value is -0.440. The Labute approximate surface area is 99.3 Å². The largest absolute Gasteiger partial charge is 0.495 e. The molecule has 2 nitrogen and oxygen atoms in total. The lowest BCUT2D eigenvalue weighted by Crippen LogP contribution is -2.34. The molecule has 1 aliphatic carbocycles. The zero-order valence-corrected chi connectivity index (χ0v) is 9.98. The first-order chi connectivity index (χ1) is 7.13. The molecule has 0 saturated heterocycles. The third-order valence-corrected chi connectivity index (χ3v) is 3.79. The highest BCUT2D eigenvalue weighted by atomic mass is 35.5. The zero-order chi connectivity index (χ0) is 11.0. The summed E-state index contributed by atoms with van der Waals surface area (Å²) in [6.07, 6.45) is 1.98. The standard InChI is InChI=1S/C11H13Cl2NO/c1-15-9-3-2-8(10(12)11(9)13)6-4-7(14)5-6/h2-3,6-7H,4-5,14H2,1H3. The molecule has 15 heavy (non-hydrogen) atoms. The first kappa shape index (κ1) is 11.1. The Bertz CT molecular complexity index is 375. The van der Waals surface area contributed by atoms with Gasteiger partial charge in [0.1, 0.15) is 10.8 Å². The van der Waals surface area contributed by atoms with E-state index in [-0.39, 0.29) is 0 Å². The predicted molar refractivity (Wildman–Crippen MR) is 63.0 cm³/mol. The molecule has 0 bridgehead atoms. The lowest BCUT2D eigenvalue weighted by molar-refractivity contribution is 0.351. The van der Waals surface area contributed by atoms with E-state index in [1.165, 1.54) is 0 Å². The number of benzene rings is 1. The number of hydrogen-bond acceptors (Lipinski definition) is 2. The van der Waals surface area contributed by atoms with Crippen molar-refractivity contribution in [3.63, 3.8) is 0 Å². The number of hydrogen-bond donors (Lipinski definition) is 1. The second kappa shape index (κ2) is 4.20. The normalized spacial score (nSPS) is 24.8. The van der Waals surface area contributed by atoms with Gasteiger partial charge in [0.05, 0.1) is 12.1 Å². The average molecular weight is 246 g/mol. The molecule has 4 heteroatoms. The van der Waals surface area contributed by atoms with Crippen molar-refractivity contribution in [3.05, 3.63) is 27.7 Å². The molecule has 1 aliphatic rings. The van der Waals surface area contributed by atoms with Gasteiger partial charge in [-0.15, -0.1) is 0 Å². The van der Waals surface area contributed by atoms with E-state index < -0.39 is 0 Å². The van der Waals surface area contributed by atoms with Crippen LogP contribution < -0.4 is 10.5 Å². The van der Waals surface area contributed by atoms with Crippen LogP contribution in [0.2, 0.25) is 10.0 Å². The van der Waals surface area contributed by atoms with Gasteiger partial charge in [-0.2, -0.15) is 0 Å². The van der Waals surface area contributed by atoms with Crippen molar-refractivity contribution in [2.45, 2.75) is 24.8 Å². The van der Waals surface area contributed by atoms with Crippen LogP contribution in [-0.4, -0.2) is 13.2 Å². The first-order valence-electron chi connectivity index (χ1n) is 4.91. The highest BCUT2D eigenvalue weighted by Crippen LogP contribution is 2.43. The molecule has 1 aromatic carbocycles. The third-order valence-electron chi connectivity index (χ3n) is 2.91. The first-order valence-corrected chi connectivity index (χ1v) is 5.66. The number of ether oxygens (including phenoxy) is 1. The lowest BCUT2D eigenvalue weighted by Gasteiger charge is -2.33. The van der Waals surface area contributed by atoms with E-state index in [4.69, 9.17) is 33.7 Å². The van der Waals surface area contributed by atoms with Gasteiger partial charge in [-0.1, -0.05) is 29.3 Å². The van der Waals surface area contributed by atoms with Gasteiger partial charge >= 0.3 is 0 Å². The van der Waals surface area contributed by atoms with Crippen molar-refractivity contribution < 1.29 is 4.74 Å². The Morgan fingerprint density at radius 2 is 1.93 bits per heavy atom. The van der Waals surface area contributed by atoms with Gasteiger partial charge in [-0.25, -0.2) is 0 Å². The van der Waals surface area contributed by atoms with E-state index in [2.05, 4.69) is 0 Å². The minimum absolute atomic E-state index is 0.312. The van der Waals surface area contributed by atoms with Crippen molar-refractivity contribution in [2.75, 3.05) is 7.11 Å². The maximum Gasteiger partial charge on any atom is 0.138 e. The summed E-state index contributed by atoms with van der Waals surface area (Å²) in [7, 11) is 1.58. The van der Waals surface area contributed by atoms with Crippen LogP contribution in [0.1, 0.15) is 24.3 Å². The van der Waals surface area contributed by atoms with Crippen molar-refractivity contribution in [1.82, 2.24) is 0 Å². The molecule has 2 N–H and O–H groups in total. The number of rotatable bonds is 2. The summed E-state index contributed by atoms with van der Waals surface area (Å²) in [6, 6.07) is 4.14. The van der Waals surface area contributed by atoms with Crippen LogP contribution in [-0.2, 0) is 0 Å². The van der Waals surface area contributed by atoms with E-state index in [9.17, 15) is 0 Å². The molecule has 0 spiro atoms. The van der Waals surface area contributed by atoms with E-state index in [1.54, 1.807) is 7.11 Å².